The average molecular weight is 415 g/mol. The number of nitrogens with zero attached hydrogens (tertiary/aromatic N) is 4. The Labute approximate surface area is 170 Å². The first-order chi connectivity index (χ1) is 13.4. The zero-order valence-electron chi connectivity index (χ0n) is 16.8. The average Bonchev–Trinajstić information content (AvgIpc) is 3.30. The number of oxazole rings is 1. The maximum Gasteiger partial charge on any atom is 0.249 e. The van der Waals surface area contributed by atoms with Crippen LogP contribution in [0, 0.1) is 27.7 Å². The zero-order valence-corrected chi connectivity index (χ0v) is 18.4. The molecule has 28 heavy (non-hydrogen) atoms. The molecule has 4 aromatic rings. The third-order valence-electron chi connectivity index (χ3n) is 5.33. The van der Waals surface area contributed by atoms with Gasteiger partial charge in [-0.1, -0.05) is 6.92 Å². The van der Waals surface area contributed by atoms with Gasteiger partial charge in [0.15, 0.2) is 11.3 Å². The van der Waals surface area contributed by atoms with Gasteiger partial charge in [-0.3, -0.25) is 4.21 Å². The van der Waals surface area contributed by atoms with Crippen LogP contribution < -0.4 is 0 Å². The van der Waals surface area contributed by atoms with Gasteiger partial charge in [-0.15, -0.1) is 11.8 Å². The Kier molecular flexibility index (Phi) is 4.79. The van der Waals surface area contributed by atoms with E-state index in [-0.39, 0.29) is 0 Å². The van der Waals surface area contributed by atoms with Crippen LogP contribution in [0.3, 0.4) is 0 Å². The van der Waals surface area contributed by atoms with Crippen LogP contribution >= 0.6 is 11.8 Å². The van der Waals surface area contributed by atoms with Crippen molar-refractivity contribution in [3.05, 3.63) is 34.6 Å². The lowest BCUT2D eigenvalue weighted by Crippen LogP contribution is -2.03. The second-order valence-corrected chi connectivity index (χ2v) is 9.25. The molecule has 0 fully saturated rings. The van der Waals surface area contributed by atoms with Gasteiger partial charge in [0.05, 0.1) is 32.4 Å². The standard InChI is InChI=1S/C20H22N4O2S2/c1-7-28(25)19-17(20-22-14-8-16(27-6)21-9-15(14)26-20)23-24-13(5)11(3)10(2)12(4)18(19)24/h8-9H,7H2,1-6H3. The summed E-state index contributed by atoms with van der Waals surface area (Å²) in [5, 5.41) is 5.67. The number of aryl methyl sites for hydroxylation is 2. The van der Waals surface area contributed by atoms with Crippen LogP contribution in [-0.2, 0) is 10.8 Å². The van der Waals surface area contributed by atoms with Crippen LogP contribution in [-0.4, -0.2) is 35.8 Å². The van der Waals surface area contributed by atoms with Gasteiger partial charge in [-0.05, 0) is 56.7 Å². The summed E-state index contributed by atoms with van der Waals surface area (Å²) in [7, 11) is -1.21. The molecule has 0 N–H and O–H groups in total. The molecule has 0 spiro atoms. The van der Waals surface area contributed by atoms with Crippen LogP contribution in [0.2, 0.25) is 0 Å². The smallest absolute Gasteiger partial charge is 0.249 e. The second-order valence-electron chi connectivity index (χ2n) is 6.75. The molecule has 1 atom stereocenters. The van der Waals surface area contributed by atoms with Gasteiger partial charge in [0.1, 0.15) is 5.52 Å². The molecule has 0 radical (unpaired) electrons. The molecule has 0 amide bonds. The van der Waals surface area contributed by atoms with Crippen LogP contribution in [0.1, 0.15) is 29.3 Å². The molecule has 8 heteroatoms. The minimum atomic E-state index is -1.21. The minimum Gasteiger partial charge on any atom is -0.433 e. The Balaban J connectivity index is 2.08. The number of hydrogen-bond donors (Lipinski definition) is 0. The maximum atomic E-state index is 13.0. The fourth-order valence-corrected chi connectivity index (χ4v) is 4.87. The number of hydrogen-bond acceptors (Lipinski definition) is 6. The first kappa shape index (κ1) is 19.1. The molecular weight excluding hydrogens is 392 g/mol. The van der Waals surface area contributed by atoms with Gasteiger partial charge in [-0.25, -0.2) is 14.5 Å². The van der Waals surface area contributed by atoms with Crippen molar-refractivity contribution in [2.75, 3.05) is 12.0 Å². The van der Waals surface area contributed by atoms with E-state index in [1.54, 1.807) is 18.0 Å². The van der Waals surface area contributed by atoms with Crippen molar-refractivity contribution in [3.8, 4) is 11.6 Å². The van der Waals surface area contributed by atoms with E-state index < -0.39 is 10.8 Å². The Hall–Kier alpha value is -2.19. The van der Waals surface area contributed by atoms with Gasteiger partial charge in [0, 0.05) is 11.4 Å². The topological polar surface area (TPSA) is 73.3 Å². The summed E-state index contributed by atoms with van der Waals surface area (Å²) in [4.78, 5) is 9.67. The van der Waals surface area contributed by atoms with Crippen molar-refractivity contribution in [2.45, 2.75) is 44.5 Å². The predicted octanol–water partition coefficient (Wildman–Crippen LogP) is 4.62. The Morgan fingerprint density at radius 3 is 2.61 bits per heavy atom. The summed E-state index contributed by atoms with van der Waals surface area (Å²) < 4.78 is 20.9. The molecule has 4 rings (SSSR count). The van der Waals surface area contributed by atoms with E-state index in [4.69, 9.17) is 9.52 Å². The number of pyridine rings is 2. The predicted molar refractivity (Wildman–Crippen MR) is 114 cm³/mol. The molecule has 1 unspecified atom stereocenters. The first-order valence-corrected chi connectivity index (χ1v) is 11.6. The summed E-state index contributed by atoms with van der Waals surface area (Å²) in [6.07, 6.45) is 3.64. The van der Waals surface area contributed by atoms with Crippen LogP contribution in [0.5, 0.6) is 0 Å². The summed E-state index contributed by atoms with van der Waals surface area (Å²) in [6, 6.07) is 1.89. The van der Waals surface area contributed by atoms with Crippen molar-refractivity contribution >= 4 is 39.2 Å². The summed E-state index contributed by atoms with van der Waals surface area (Å²) in [5.74, 6) is 0.878. The van der Waals surface area contributed by atoms with Crippen molar-refractivity contribution in [1.29, 1.82) is 0 Å². The highest BCUT2D eigenvalue weighted by Gasteiger charge is 2.26. The Morgan fingerprint density at radius 2 is 1.93 bits per heavy atom. The van der Waals surface area contributed by atoms with E-state index in [2.05, 4.69) is 30.7 Å². The van der Waals surface area contributed by atoms with Crippen molar-refractivity contribution in [3.63, 3.8) is 0 Å². The molecule has 0 aliphatic carbocycles. The Morgan fingerprint density at radius 1 is 1.18 bits per heavy atom. The van der Waals surface area contributed by atoms with Crippen LogP contribution in [0.25, 0.3) is 28.2 Å². The fraction of sp³-hybridized carbons (Fsp3) is 0.350. The molecule has 146 valence electrons. The van der Waals surface area contributed by atoms with Crippen molar-refractivity contribution < 1.29 is 8.63 Å². The Bertz CT molecular complexity index is 1260. The van der Waals surface area contributed by atoms with Crippen LogP contribution in [0.4, 0.5) is 0 Å². The number of aromatic nitrogens is 4. The molecule has 0 aliphatic rings. The molecule has 6 nitrogen and oxygen atoms in total. The van der Waals surface area contributed by atoms with E-state index in [1.165, 1.54) is 11.1 Å². The van der Waals surface area contributed by atoms with Crippen molar-refractivity contribution in [1.82, 2.24) is 19.6 Å². The third kappa shape index (κ3) is 2.78. The largest absolute Gasteiger partial charge is 0.433 e. The monoisotopic (exact) mass is 414 g/mol. The van der Waals surface area contributed by atoms with E-state index in [9.17, 15) is 4.21 Å². The third-order valence-corrected chi connectivity index (χ3v) is 7.34. The minimum absolute atomic E-state index is 0.379. The molecule has 0 saturated heterocycles. The second kappa shape index (κ2) is 7.00. The molecule has 4 heterocycles. The highest BCUT2D eigenvalue weighted by Crippen LogP contribution is 2.35. The molecule has 4 aromatic heterocycles. The normalized spacial score (nSPS) is 12.9. The van der Waals surface area contributed by atoms with E-state index in [1.807, 2.05) is 30.7 Å². The highest BCUT2D eigenvalue weighted by atomic mass is 32.2. The molecular formula is C20H22N4O2S2. The summed E-state index contributed by atoms with van der Waals surface area (Å²) >= 11 is 1.55. The van der Waals surface area contributed by atoms with Gasteiger partial charge < -0.3 is 4.42 Å². The van der Waals surface area contributed by atoms with Crippen molar-refractivity contribution in [2.24, 2.45) is 0 Å². The molecule has 0 aromatic carbocycles. The highest BCUT2D eigenvalue weighted by molar-refractivity contribution is 7.98. The lowest BCUT2D eigenvalue weighted by atomic mass is 10.0. The number of thioether (sulfide) groups is 1. The van der Waals surface area contributed by atoms with E-state index >= 15 is 0 Å². The zero-order chi connectivity index (χ0) is 20.2. The van der Waals surface area contributed by atoms with E-state index in [0.717, 1.165) is 27.3 Å². The van der Waals surface area contributed by atoms with E-state index in [0.29, 0.717) is 27.8 Å². The van der Waals surface area contributed by atoms with Gasteiger partial charge in [-0.2, -0.15) is 5.10 Å². The fourth-order valence-electron chi connectivity index (χ4n) is 3.39. The van der Waals surface area contributed by atoms with Gasteiger partial charge in [0.25, 0.3) is 0 Å². The lowest BCUT2D eigenvalue weighted by molar-refractivity contribution is 0.611. The molecule has 0 bridgehead atoms. The van der Waals surface area contributed by atoms with Crippen LogP contribution in [0.15, 0.2) is 26.6 Å². The maximum absolute atomic E-state index is 13.0. The van der Waals surface area contributed by atoms with Gasteiger partial charge in [0.2, 0.25) is 5.89 Å². The number of rotatable bonds is 4. The summed E-state index contributed by atoms with van der Waals surface area (Å²) in [6.45, 7) is 10.2. The molecule has 0 saturated carbocycles. The number of fused-ring (bicyclic) bond motifs is 2. The summed E-state index contributed by atoms with van der Waals surface area (Å²) in [5.41, 5.74) is 7.23. The lowest BCUT2D eigenvalue weighted by Gasteiger charge is -2.12. The quantitative estimate of drug-likeness (QED) is 0.454. The molecule has 0 aliphatic heterocycles. The SMILES string of the molecule is CCS(=O)c1c(-c2nc3cc(SC)ncc3o2)nn2c(C)c(C)c(C)c(C)c12. The van der Waals surface area contributed by atoms with Gasteiger partial charge >= 0.3 is 0 Å². The first-order valence-electron chi connectivity index (χ1n) is 9.05.